The van der Waals surface area contributed by atoms with Gasteiger partial charge >= 0.3 is 23.8 Å². The van der Waals surface area contributed by atoms with E-state index in [1.807, 2.05) is 57.2 Å². The molecular weight excluding hydrogens is 1180 g/mol. The number of rotatable bonds is 20. The lowest BCUT2D eigenvalue weighted by Gasteiger charge is -2.31. The number of carboxylic acids is 1. The number of amides is 2. The Bertz CT molecular complexity index is 3120. The Kier molecular flexibility index (Phi) is 27.6. The van der Waals surface area contributed by atoms with E-state index in [1.54, 1.807) is 45.1 Å². The van der Waals surface area contributed by atoms with Crippen LogP contribution in [0.15, 0.2) is 99.1 Å². The Morgan fingerprint density at radius 2 is 1.61 bits per heavy atom. The van der Waals surface area contributed by atoms with Crippen LogP contribution in [0.5, 0.6) is 11.5 Å². The molecule has 5 unspecified atom stereocenters. The number of hydrogen-bond acceptors (Lipinski definition) is 14. The van der Waals surface area contributed by atoms with Crippen LogP contribution in [0.1, 0.15) is 87.8 Å². The van der Waals surface area contributed by atoms with Crippen molar-refractivity contribution < 1.29 is 75.0 Å². The molecule has 83 heavy (non-hydrogen) atoms. The number of carbonyl (C=O) groups excluding carboxylic acids is 3. The van der Waals surface area contributed by atoms with Gasteiger partial charge in [-0.15, -0.1) is 11.6 Å². The molecule has 0 saturated carbocycles. The number of esters is 1. The highest BCUT2D eigenvalue weighted by Gasteiger charge is 2.45. The first-order chi connectivity index (χ1) is 38.8. The number of para-hydroxylation sites is 1. The zero-order chi connectivity index (χ0) is 62.7. The molecule has 4 N–H and O–H groups in total. The van der Waals surface area contributed by atoms with Crippen LogP contribution in [-0.4, -0.2) is 123 Å². The van der Waals surface area contributed by atoms with Gasteiger partial charge < -0.3 is 53.6 Å². The van der Waals surface area contributed by atoms with Crippen molar-refractivity contribution in [3.63, 3.8) is 0 Å². The summed E-state index contributed by atoms with van der Waals surface area (Å²) in [5.41, 5.74) is 5.76. The number of furan rings is 1. The van der Waals surface area contributed by atoms with E-state index in [-0.39, 0.29) is 54.7 Å². The standard InChI is InChI=1S/C25H25F3N2O6.C15H22ClNO2.C11H13Cl2NO3.C5H12NO4P/c1-5-16-6-7-17(20(12-16)36-15(2)23(32)34-4)14-35-19-10-8-18(9-11-19)30-22(31)13-21(25(26,27)28)29(3)24(30)33;1-5-13-8-6-7-11(2)15(13)17(14(18)9-16)12(3)10-19-4;1-11(2)14(10(15)9(12)13)6-8(17-11)7-4-3-5-16-7;1-11(9,10)3-2-4(6)5(7)8/h6-13,15H,5,14H2,1-4H3;6-8,12H,5,9-10H2,1-4H3;3-5,8-9H,6H2,1-2H3;4H,2-3,6H2,1H3,(H,7,8)(H,9,10). The van der Waals surface area contributed by atoms with Gasteiger partial charge in [0, 0.05) is 38.6 Å². The average molecular weight is 1250 g/mol. The van der Waals surface area contributed by atoms with Gasteiger partial charge in [-0.1, -0.05) is 67.4 Å². The van der Waals surface area contributed by atoms with Crippen LogP contribution in [0.25, 0.3) is 5.69 Å². The molecule has 2 aromatic heterocycles. The number of aromatic nitrogens is 2. The fraction of sp³-hybridized carbons (Fsp3) is 0.464. The minimum Gasteiger partial charge on any atom is -0.489 e. The quantitative estimate of drug-likeness (QED) is 0.0372. The maximum absolute atomic E-state index is 13.1. The summed E-state index contributed by atoms with van der Waals surface area (Å²) >= 11 is 17.0. The molecule has 2 amide bonds. The smallest absolute Gasteiger partial charge is 0.431 e. The summed E-state index contributed by atoms with van der Waals surface area (Å²) in [7, 11) is 0.753. The van der Waals surface area contributed by atoms with Gasteiger partial charge in [0.2, 0.25) is 5.91 Å². The third-order valence-corrected chi connectivity index (χ3v) is 14.3. The summed E-state index contributed by atoms with van der Waals surface area (Å²) in [5.74, 6) is -0.601. The van der Waals surface area contributed by atoms with Crippen LogP contribution in [0, 0.1) is 6.92 Å². The van der Waals surface area contributed by atoms with Crippen LogP contribution < -0.4 is 31.4 Å². The van der Waals surface area contributed by atoms with Gasteiger partial charge in [0.25, 0.3) is 11.5 Å². The second-order valence-corrected chi connectivity index (χ2v) is 23.3. The van der Waals surface area contributed by atoms with E-state index in [9.17, 15) is 46.5 Å². The summed E-state index contributed by atoms with van der Waals surface area (Å²) in [6.45, 7) is 15.3. The van der Waals surface area contributed by atoms with Crippen molar-refractivity contribution in [2.45, 2.75) is 115 Å². The summed E-state index contributed by atoms with van der Waals surface area (Å²) in [5, 5.41) is 8.28. The second kappa shape index (κ2) is 32.2. The van der Waals surface area contributed by atoms with Crippen molar-refractivity contribution >= 4 is 71.6 Å². The Morgan fingerprint density at radius 1 is 0.964 bits per heavy atom. The van der Waals surface area contributed by atoms with E-state index >= 15 is 0 Å². The second-order valence-electron chi connectivity index (χ2n) is 19.4. The van der Waals surface area contributed by atoms with Crippen LogP contribution in [-0.2, 0) is 70.6 Å². The molecule has 0 aliphatic carbocycles. The number of nitrogens with zero attached hydrogens (tertiary/aromatic N) is 4. The number of aryl methyl sites for hydroxylation is 3. The molecule has 5 aromatic rings. The van der Waals surface area contributed by atoms with E-state index in [1.165, 1.54) is 42.9 Å². The lowest BCUT2D eigenvalue weighted by atomic mass is 10.0. The monoisotopic (exact) mass is 1250 g/mol. The molecule has 20 nitrogen and oxygen atoms in total. The third kappa shape index (κ3) is 20.8. The number of nitrogens with two attached hydrogens (primary N) is 1. The fourth-order valence-electron chi connectivity index (χ4n) is 8.19. The van der Waals surface area contributed by atoms with Gasteiger partial charge in [-0.05, 0) is 113 Å². The number of halogens is 6. The predicted molar refractivity (Wildman–Crippen MR) is 309 cm³/mol. The molecule has 1 aliphatic rings. The summed E-state index contributed by atoms with van der Waals surface area (Å²) < 4.78 is 83.3. The van der Waals surface area contributed by atoms with E-state index in [0.717, 1.165) is 42.3 Å². The van der Waals surface area contributed by atoms with E-state index in [0.29, 0.717) is 51.2 Å². The number of carbonyl (C=O) groups is 4. The first-order valence-electron chi connectivity index (χ1n) is 25.8. The molecule has 1 aliphatic heterocycles. The first kappa shape index (κ1) is 71.1. The molecule has 5 atom stereocenters. The van der Waals surface area contributed by atoms with Gasteiger partial charge in [0.05, 0.1) is 43.9 Å². The van der Waals surface area contributed by atoms with Gasteiger partial charge in [-0.3, -0.25) is 28.3 Å². The van der Waals surface area contributed by atoms with Gasteiger partial charge in [-0.2, -0.15) is 13.2 Å². The van der Waals surface area contributed by atoms with Crippen molar-refractivity contribution in [1.82, 2.24) is 14.0 Å². The number of aliphatic carboxylic acids is 1. The van der Waals surface area contributed by atoms with Gasteiger partial charge in [0.15, 0.2) is 18.3 Å². The topological polar surface area (TPSA) is 262 Å². The SMILES string of the molecule is CC1(C)OC(c2ccco2)CN1C(=O)C(Cl)Cl.CCc1ccc(COc2ccc(-n3c(=O)cc(C(F)(F)F)n(C)c3=O)cc2)c(OC(C)C(=O)OC)c1.CCc1cccc(C)c1N(C(=O)CCl)C(C)COC.CP(=O)(O)CCC(N)C(=O)O. The highest BCUT2D eigenvalue weighted by molar-refractivity contribution is 7.57. The largest absolute Gasteiger partial charge is 0.489 e. The predicted octanol–water partition coefficient (Wildman–Crippen LogP) is 9.21. The van der Waals surface area contributed by atoms with Crippen molar-refractivity contribution in [3.05, 3.63) is 140 Å². The highest BCUT2D eigenvalue weighted by Crippen LogP contribution is 2.38. The van der Waals surface area contributed by atoms with Crippen molar-refractivity contribution in [2.75, 3.05) is 51.0 Å². The Hall–Kier alpha value is -6.17. The normalized spacial score (nSPS) is 15.4. The molecule has 6 rings (SSSR count). The molecule has 3 aromatic carbocycles. The molecule has 0 spiro atoms. The number of benzene rings is 3. The van der Waals surface area contributed by atoms with E-state index < -0.39 is 65.1 Å². The molecule has 0 bridgehead atoms. The zero-order valence-electron chi connectivity index (χ0n) is 47.9. The number of carboxylic acid groups (broad SMARTS) is 1. The Labute approximate surface area is 494 Å². The third-order valence-electron chi connectivity index (χ3n) is 12.6. The first-order valence-corrected chi connectivity index (χ1v) is 29.5. The van der Waals surface area contributed by atoms with E-state index in [4.69, 9.17) is 78.6 Å². The van der Waals surface area contributed by atoms with Crippen molar-refractivity contribution in [3.8, 4) is 17.2 Å². The van der Waals surface area contributed by atoms with Crippen LogP contribution in [0.3, 0.4) is 0 Å². The zero-order valence-corrected chi connectivity index (χ0v) is 51.1. The van der Waals surface area contributed by atoms with Crippen LogP contribution in [0.2, 0.25) is 0 Å². The van der Waals surface area contributed by atoms with Crippen LogP contribution in [0.4, 0.5) is 18.9 Å². The molecule has 27 heteroatoms. The Morgan fingerprint density at radius 3 is 2.13 bits per heavy atom. The average Bonchev–Trinajstić information content (AvgIpc) is 4.13. The summed E-state index contributed by atoms with van der Waals surface area (Å²) in [4.78, 5) is 81.6. The Balaban J connectivity index is 0.000000322. The minimum absolute atomic E-state index is 0.0223. The lowest BCUT2D eigenvalue weighted by molar-refractivity contribution is -0.148. The molecule has 1 fully saturated rings. The minimum atomic E-state index is -4.84. The number of alkyl halides is 6. The summed E-state index contributed by atoms with van der Waals surface area (Å²) in [6.07, 6.45) is -2.74. The summed E-state index contributed by atoms with van der Waals surface area (Å²) in [6, 6.07) is 20.3. The van der Waals surface area contributed by atoms with Gasteiger partial charge in [-0.25, -0.2) is 14.2 Å². The van der Waals surface area contributed by atoms with Crippen molar-refractivity contribution in [1.29, 1.82) is 0 Å². The van der Waals surface area contributed by atoms with Crippen LogP contribution >= 0.6 is 42.2 Å². The number of anilines is 1. The molecule has 0 radical (unpaired) electrons. The van der Waals surface area contributed by atoms with Crippen molar-refractivity contribution in [2.24, 2.45) is 12.8 Å². The number of hydrogen-bond donors (Lipinski definition) is 3. The molecular formula is C56H72Cl3F3N5O15P. The maximum atomic E-state index is 13.1. The molecule has 1 saturated heterocycles. The fourth-order valence-corrected chi connectivity index (χ4v) is 9.32. The van der Waals surface area contributed by atoms with E-state index in [2.05, 4.69) is 13.0 Å². The number of methoxy groups -OCH3 is 2. The highest BCUT2D eigenvalue weighted by atomic mass is 35.5. The number of ether oxygens (including phenoxy) is 5. The lowest BCUT2D eigenvalue weighted by Crippen LogP contribution is -2.45. The molecule has 3 heterocycles. The molecule has 458 valence electrons. The maximum Gasteiger partial charge on any atom is 0.431 e. The van der Waals surface area contributed by atoms with Gasteiger partial charge in [0.1, 0.15) is 53.3 Å².